The topological polar surface area (TPSA) is 95.6 Å². The van der Waals surface area contributed by atoms with Crippen LogP contribution in [0.1, 0.15) is 11.6 Å². The Kier molecular flexibility index (Phi) is 7.03. The molecule has 40 heavy (non-hydrogen) atoms. The summed E-state index contributed by atoms with van der Waals surface area (Å²) in [6.45, 7) is -0.0261. The first-order chi connectivity index (χ1) is 19.5. The minimum atomic E-state index is -0.748. The molecule has 4 aromatic carbocycles. The summed E-state index contributed by atoms with van der Waals surface area (Å²) in [6, 6.07) is 28.1. The molecule has 0 bridgehead atoms. The third-order valence-corrected chi connectivity index (χ3v) is 6.63. The molecule has 6 rings (SSSR count). The molecule has 9 nitrogen and oxygen atoms in total. The number of rotatable bonds is 7. The van der Waals surface area contributed by atoms with Gasteiger partial charge < -0.3 is 23.7 Å². The van der Waals surface area contributed by atoms with E-state index in [2.05, 4.69) is 5.32 Å². The smallest absolute Gasteiger partial charge is 0.415 e. The molecule has 2 aliphatic heterocycles. The van der Waals surface area contributed by atoms with Crippen LogP contribution in [0.15, 0.2) is 97.1 Å². The number of hydrogen-bond acceptors (Lipinski definition) is 7. The Morgan fingerprint density at radius 2 is 1.60 bits per heavy atom. The van der Waals surface area contributed by atoms with Crippen LogP contribution in [-0.2, 0) is 9.47 Å². The predicted octanol–water partition coefficient (Wildman–Crippen LogP) is 7.18. The second-order valence-electron chi connectivity index (χ2n) is 8.99. The third-order valence-electron chi connectivity index (χ3n) is 6.38. The molecule has 1 N–H and O–H groups in total. The SMILES string of the molecule is O=C(Nc1ccc2c(c1)OCO2)OC[C@@H]1OC(=O)N(c2ccc(Oc3ccc(Cl)cc3)cc2)[C@H]1c1ccccc1. The van der Waals surface area contributed by atoms with E-state index in [1.807, 2.05) is 30.3 Å². The summed E-state index contributed by atoms with van der Waals surface area (Å²) in [5.41, 5.74) is 1.93. The zero-order chi connectivity index (χ0) is 27.5. The number of nitrogens with one attached hydrogen (secondary N) is 1. The number of halogens is 1. The number of cyclic esters (lactones) is 1. The fourth-order valence-corrected chi connectivity index (χ4v) is 4.66. The van der Waals surface area contributed by atoms with E-state index in [9.17, 15) is 9.59 Å². The highest BCUT2D eigenvalue weighted by Crippen LogP contribution is 2.39. The Bertz CT molecular complexity index is 1510. The molecule has 2 amide bonds. The lowest BCUT2D eigenvalue weighted by molar-refractivity contribution is 0.0684. The van der Waals surface area contributed by atoms with Crippen LogP contribution in [0.2, 0.25) is 5.02 Å². The molecule has 1 saturated heterocycles. The number of carbonyl (C=O) groups excluding carboxylic acids is 2. The minimum Gasteiger partial charge on any atom is -0.457 e. The quantitative estimate of drug-likeness (QED) is 0.257. The minimum absolute atomic E-state index is 0.131. The van der Waals surface area contributed by atoms with Crippen LogP contribution in [0.5, 0.6) is 23.0 Å². The van der Waals surface area contributed by atoms with Gasteiger partial charge in [-0.3, -0.25) is 10.2 Å². The van der Waals surface area contributed by atoms with Crippen molar-refractivity contribution in [1.82, 2.24) is 0 Å². The maximum atomic E-state index is 13.1. The van der Waals surface area contributed by atoms with E-state index in [0.29, 0.717) is 39.4 Å². The van der Waals surface area contributed by atoms with Crippen molar-refractivity contribution in [3.8, 4) is 23.0 Å². The van der Waals surface area contributed by atoms with Crippen molar-refractivity contribution in [1.29, 1.82) is 0 Å². The lowest BCUT2D eigenvalue weighted by Gasteiger charge is -2.25. The number of amides is 2. The van der Waals surface area contributed by atoms with Gasteiger partial charge in [-0.1, -0.05) is 41.9 Å². The highest BCUT2D eigenvalue weighted by Gasteiger charge is 2.44. The van der Waals surface area contributed by atoms with Crippen molar-refractivity contribution < 1.29 is 33.3 Å². The van der Waals surface area contributed by atoms with Gasteiger partial charge in [-0.15, -0.1) is 0 Å². The summed E-state index contributed by atoms with van der Waals surface area (Å²) >= 11 is 5.95. The Hall–Kier alpha value is -4.89. The molecule has 0 unspecified atom stereocenters. The van der Waals surface area contributed by atoms with Crippen LogP contribution in [0.3, 0.4) is 0 Å². The Labute approximate surface area is 234 Å². The van der Waals surface area contributed by atoms with Gasteiger partial charge in [0.15, 0.2) is 17.6 Å². The Morgan fingerprint density at radius 1 is 0.900 bits per heavy atom. The number of hydrogen-bond donors (Lipinski definition) is 1. The number of carbonyl (C=O) groups is 2. The zero-order valence-electron chi connectivity index (χ0n) is 21.0. The fourth-order valence-electron chi connectivity index (χ4n) is 4.54. The van der Waals surface area contributed by atoms with Crippen LogP contribution >= 0.6 is 11.6 Å². The Balaban J connectivity index is 1.16. The van der Waals surface area contributed by atoms with Crippen LogP contribution in [0.25, 0.3) is 0 Å². The summed E-state index contributed by atoms with van der Waals surface area (Å²) in [5.74, 6) is 2.37. The van der Waals surface area contributed by atoms with Crippen molar-refractivity contribution >= 4 is 35.2 Å². The number of fused-ring (bicyclic) bond motifs is 1. The largest absolute Gasteiger partial charge is 0.457 e. The predicted molar refractivity (Wildman–Crippen MR) is 147 cm³/mol. The lowest BCUT2D eigenvalue weighted by atomic mass is 10.0. The molecule has 0 spiro atoms. The molecule has 2 heterocycles. The summed E-state index contributed by atoms with van der Waals surface area (Å²) in [7, 11) is 0. The first kappa shape index (κ1) is 25.4. The van der Waals surface area contributed by atoms with Crippen molar-refractivity contribution in [3.05, 3.63) is 108 Å². The second kappa shape index (κ2) is 11.1. The van der Waals surface area contributed by atoms with Crippen molar-refractivity contribution in [2.24, 2.45) is 0 Å². The van der Waals surface area contributed by atoms with Gasteiger partial charge in [-0.25, -0.2) is 9.59 Å². The van der Waals surface area contributed by atoms with E-state index in [0.717, 1.165) is 5.56 Å². The normalized spacial score (nSPS) is 17.3. The molecular formula is C30H23ClN2O7. The van der Waals surface area contributed by atoms with E-state index in [1.165, 1.54) is 0 Å². The van der Waals surface area contributed by atoms with Gasteiger partial charge in [0.2, 0.25) is 6.79 Å². The monoisotopic (exact) mass is 558 g/mol. The fraction of sp³-hybridized carbons (Fsp3) is 0.133. The highest BCUT2D eigenvalue weighted by molar-refractivity contribution is 6.30. The zero-order valence-corrected chi connectivity index (χ0v) is 21.7. The molecule has 0 aliphatic carbocycles. The van der Waals surface area contributed by atoms with Gasteiger partial charge in [-0.05, 0) is 66.2 Å². The van der Waals surface area contributed by atoms with Gasteiger partial charge in [0.1, 0.15) is 24.1 Å². The van der Waals surface area contributed by atoms with Gasteiger partial charge in [0.25, 0.3) is 0 Å². The van der Waals surface area contributed by atoms with E-state index >= 15 is 0 Å². The maximum Gasteiger partial charge on any atom is 0.415 e. The third kappa shape index (κ3) is 5.45. The van der Waals surface area contributed by atoms with Crippen LogP contribution in [-0.4, -0.2) is 31.7 Å². The standard InChI is InChI=1S/C30H23ClN2O7/c31-20-6-11-23(12-7-20)39-24-13-9-22(10-14-24)33-28(19-4-2-1-3-5-19)27(40-30(33)35)17-36-29(34)32-21-8-15-25-26(16-21)38-18-37-25/h1-16,27-28H,17-18H2,(H,32,34)/t27-,28-/m0/s1. The summed E-state index contributed by atoms with van der Waals surface area (Å²) in [4.78, 5) is 27.2. The summed E-state index contributed by atoms with van der Waals surface area (Å²) in [5, 5.41) is 3.28. The molecule has 0 aromatic heterocycles. The number of ether oxygens (including phenoxy) is 5. The molecule has 1 fully saturated rings. The molecule has 2 aliphatic rings. The molecule has 2 atom stereocenters. The van der Waals surface area contributed by atoms with Crippen LogP contribution in [0.4, 0.5) is 21.0 Å². The highest BCUT2D eigenvalue weighted by atomic mass is 35.5. The van der Waals surface area contributed by atoms with Gasteiger partial charge in [-0.2, -0.15) is 0 Å². The second-order valence-corrected chi connectivity index (χ2v) is 9.43. The summed E-state index contributed by atoms with van der Waals surface area (Å²) in [6.07, 6.45) is -1.99. The average Bonchev–Trinajstić information content (AvgIpc) is 3.57. The number of anilines is 2. The lowest BCUT2D eigenvalue weighted by Crippen LogP contribution is -2.32. The molecule has 202 valence electrons. The van der Waals surface area contributed by atoms with E-state index in [-0.39, 0.29) is 13.4 Å². The number of benzene rings is 4. The van der Waals surface area contributed by atoms with Crippen LogP contribution in [0, 0.1) is 0 Å². The van der Waals surface area contributed by atoms with Gasteiger partial charge in [0, 0.05) is 22.5 Å². The van der Waals surface area contributed by atoms with Gasteiger partial charge >= 0.3 is 12.2 Å². The first-order valence-electron chi connectivity index (χ1n) is 12.5. The maximum absolute atomic E-state index is 13.1. The molecule has 4 aromatic rings. The van der Waals surface area contributed by atoms with E-state index < -0.39 is 24.3 Å². The van der Waals surface area contributed by atoms with E-state index in [1.54, 1.807) is 71.6 Å². The van der Waals surface area contributed by atoms with Crippen molar-refractivity contribution in [3.63, 3.8) is 0 Å². The molecular weight excluding hydrogens is 536 g/mol. The number of nitrogens with zero attached hydrogens (tertiary/aromatic N) is 1. The molecule has 0 saturated carbocycles. The Morgan fingerprint density at radius 3 is 2.35 bits per heavy atom. The molecule has 0 radical (unpaired) electrons. The first-order valence-corrected chi connectivity index (χ1v) is 12.8. The van der Waals surface area contributed by atoms with Gasteiger partial charge in [0.05, 0.1) is 0 Å². The van der Waals surface area contributed by atoms with Crippen molar-refractivity contribution in [2.75, 3.05) is 23.6 Å². The average molecular weight is 559 g/mol. The summed E-state index contributed by atoms with van der Waals surface area (Å²) < 4.78 is 27.7. The van der Waals surface area contributed by atoms with Crippen LogP contribution < -0.4 is 24.4 Å². The van der Waals surface area contributed by atoms with Crippen molar-refractivity contribution in [2.45, 2.75) is 12.1 Å². The molecule has 10 heteroatoms. The van der Waals surface area contributed by atoms with E-state index in [4.69, 9.17) is 35.3 Å².